The van der Waals surface area contributed by atoms with Crippen LogP contribution in [0.5, 0.6) is 0 Å². The van der Waals surface area contributed by atoms with E-state index in [4.69, 9.17) is 5.73 Å². The van der Waals surface area contributed by atoms with Crippen molar-refractivity contribution in [2.45, 2.75) is 32.6 Å². The second kappa shape index (κ2) is 4.11. The molecule has 1 aliphatic heterocycles. The minimum Gasteiger partial charge on any atom is -0.325 e. The van der Waals surface area contributed by atoms with Crippen molar-refractivity contribution in [3.63, 3.8) is 0 Å². The van der Waals surface area contributed by atoms with Crippen molar-refractivity contribution in [2.75, 3.05) is 26.2 Å². The Hall–Kier alpha value is -0.220. The molecule has 1 saturated heterocycles. The van der Waals surface area contributed by atoms with Crippen molar-refractivity contribution in [1.82, 2.24) is 4.90 Å². The van der Waals surface area contributed by atoms with Gasteiger partial charge in [0, 0.05) is 0 Å². The van der Waals surface area contributed by atoms with Crippen LogP contribution in [-0.4, -0.2) is 37.0 Å². The highest BCUT2D eigenvalue weighted by Gasteiger charge is 2.33. The first-order valence-corrected chi connectivity index (χ1v) is 5.15. The maximum atomic E-state index is 13.0. The SMILES string of the molecule is CC1(C)CCN(CC(F)(F)CN)CC1. The zero-order valence-corrected chi connectivity index (χ0v) is 9.02. The third kappa shape index (κ3) is 3.50. The molecule has 1 fully saturated rings. The van der Waals surface area contributed by atoms with Crippen LogP contribution >= 0.6 is 0 Å². The molecule has 0 amide bonds. The summed E-state index contributed by atoms with van der Waals surface area (Å²) >= 11 is 0. The second-order valence-electron chi connectivity index (χ2n) is 5.00. The van der Waals surface area contributed by atoms with E-state index in [1.807, 2.05) is 4.90 Å². The van der Waals surface area contributed by atoms with Crippen molar-refractivity contribution in [1.29, 1.82) is 0 Å². The van der Waals surface area contributed by atoms with Crippen LogP contribution in [0.3, 0.4) is 0 Å². The molecule has 0 radical (unpaired) electrons. The molecule has 2 nitrogen and oxygen atoms in total. The third-order valence-corrected chi connectivity index (χ3v) is 2.96. The van der Waals surface area contributed by atoms with Gasteiger partial charge in [-0.15, -0.1) is 0 Å². The summed E-state index contributed by atoms with van der Waals surface area (Å²) in [5.74, 6) is -2.72. The summed E-state index contributed by atoms with van der Waals surface area (Å²) in [5, 5.41) is 0. The standard InChI is InChI=1S/C10H20F2N2/c1-9(2)3-5-14(6-4-9)8-10(11,12)7-13/h3-8,13H2,1-2H3. The fourth-order valence-corrected chi connectivity index (χ4v) is 1.71. The molecule has 84 valence electrons. The second-order valence-corrected chi connectivity index (χ2v) is 5.00. The zero-order valence-electron chi connectivity index (χ0n) is 9.02. The first-order valence-electron chi connectivity index (χ1n) is 5.15. The van der Waals surface area contributed by atoms with E-state index in [1.165, 1.54) is 0 Å². The van der Waals surface area contributed by atoms with Crippen molar-refractivity contribution in [3.05, 3.63) is 0 Å². The van der Waals surface area contributed by atoms with Gasteiger partial charge in [0.1, 0.15) is 0 Å². The smallest absolute Gasteiger partial charge is 0.272 e. The van der Waals surface area contributed by atoms with Crippen LogP contribution in [0.25, 0.3) is 0 Å². The van der Waals surface area contributed by atoms with Gasteiger partial charge in [-0.2, -0.15) is 0 Å². The zero-order chi connectivity index (χ0) is 10.8. The Labute approximate surface area is 84.4 Å². The van der Waals surface area contributed by atoms with Crippen LogP contribution < -0.4 is 5.73 Å². The molecule has 4 heteroatoms. The molecule has 14 heavy (non-hydrogen) atoms. The Bertz CT molecular complexity index is 183. The van der Waals surface area contributed by atoms with Crippen molar-refractivity contribution >= 4 is 0 Å². The molecule has 0 bridgehead atoms. The van der Waals surface area contributed by atoms with E-state index in [9.17, 15) is 8.78 Å². The third-order valence-electron chi connectivity index (χ3n) is 2.96. The minimum atomic E-state index is -2.72. The van der Waals surface area contributed by atoms with Crippen molar-refractivity contribution in [2.24, 2.45) is 11.1 Å². The Morgan fingerprint density at radius 2 is 1.79 bits per heavy atom. The fourth-order valence-electron chi connectivity index (χ4n) is 1.71. The Morgan fingerprint density at radius 3 is 2.21 bits per heavy atom. The van der Waals surface area contributed by atoms with E-state index in [2.05, 4.69) is 13.8 Å². The lowest BCUT2D eigenvalue weighted by atomic mass is 9.82. The molecule has 0 spiro atoms. The van der Waals surface area contributed by atoms with E-state index in [1.54, 1.807) is 0 Å². The topological polar surface area (TPSA) is 29.3 Å². The molecule has 2 N–H and O–H groups in total. The molecule has 0 saturated carbocycles. The van der Waals surface area contributed by atoms with Gasteiger partial charge in [-0.05, 0) is 31.3 Å². The Kier molecular flexibility index (Phi) is 3.48. The number of piperidine rings is 1. The normalized spacial score (nSPS) is 23.8. The van der Waals surface area contributed by atoms with E-state index in [0.717, 1.165) is 25.9 Å². The maximum Gasteiger partial charge on any atom is 0.272 e. The van der Waals surface area contributed by atoms with E-state index < -0.39 is 12.5 Å². The van der Waals surface area contributed by atoms with Crippen LogP contribution in [0.1, 0.15) is 26.7 Å². The molecular weight excluding hydrogens is 186 g/mol. The fraction of sp³-hybridized carbons (Fsp3) is 1.00. The van der Waals surface area contributed by atoms with Crippen LogP contribution in [0.2, 0.25) is 0 Å². The highest BCUT2D eigenvalue weighted by atomic mass is 19.3. The van der Waals surface area contributed by atoms with Gasteiger partial charge in [0.2, 0.25) is 0 Å². The average Bonchev–Trinajstić information content (AvgIpc) is 2.09. The summed E-state index contributed by atoms with van der Waals surface area (Å²) in [6.45, 7) is 5.18. The molecule has 1 heterocycles. The molecule has 0 aromatic heterocycles. The Balaban J connectivity index is 2.36. The van der Waals surface area contributed by atoms with Crippen LogP contribution in [0, 0.1) is 5.41 Å². The van der Waals surface area contributed by atoms with Gasteiger partial charge in [0.15, 0.2) is 0 Å². The molecule has 0 aromatic rings. The number of halogens is 2. The number of hydrogen-bond acceptors (Lipinski definition) is 2. The number of nitrogens with zero attached hydrogens (tertiary/aromatic N) is 1. The summed E-state index contributed by atoms with van der Waals surface area (Å²) in [5.41, 5.74) is 5.31. The lowest BCUT2D eigenvalue weighted by Gasteiger charge is -2.38. The van der Waals surface area contributed by atoms with Crippen molar-refractivity contribution in [3.8, 4) is 0 Å². The highest BCUT2D eigenvalue weighted by molar-refractivity contribution is 4.81. The maximum absolute atomic E-state index is 13.0. The predicted molar refractivity (Wildman–Crippen MR) is 53.5 cm³/mol. The lowest BCUT2D eigenvalue weighted by Crippen LogP contribution is -2.46. The van der Waals surface area contributed by atoms with E-state index >= 15 is 0 Å². The van der Waals surface area contributed by atoms with Gasteiger partial charge < -0.3 is 5.73 Å². The number of rotatable bonds is 3. The number of likely N-dealkylation sites (tertiary alicyclic amines) is 1. The first-order chi connectivity index (χ1) is 6.35. The predicted octanol–water partition coefficient (Wildman–Crippen LogP) is 1.70. The molecule has 1 aliphatic rings. The summed E-state index contributed by atoms with van der Waals surface area (Å²) in [4.78, 5) is 1.82. The van der Waals surface area contributed by atoms with Gasteiger partial charge in [0.05, 0.1) is 13.1 Å². The van der Waals surface area contributed by atoms with Crippen LogP contribution in [0.4, 0.5) is 8.78 Å². The minimum absolute atomic E-state index is 0.181. The van der Waals surface area contributed by atoms with Gasteiger partial charge in [-0.25, -0.2) is 8.78 Å². The molecule has 1 rings (SSSR count). The summed E-state index contributed by atoms with van der Waals surface area (Å²) < 4.78 is 25.9. The van der Waals surface area contributed by atoms with E-state index in [0.29, 0.717) is 5.41 Å². The number of nitrogens with two attached hydrogens (primary N) is 1. The van der Waals surface area contributed by atoms with Crippen LogP contribution in [0.15, 0.2) is 0 Å². The quantitative estimate of drug-likeness (QED) is 0.761. The summed E-state index contributed by atoms with van der Waals surface area (Å²) in [6.07, 6.45) is 1.99. The van der Waals surface area contributed by atoms with Crippen molar-refractivity contribution < 1.29 is 8.78 Å². The largest absolute Gasteiger partial charge is 0.325 e. The molecule has 0 aliphatic carbocycles. The average molecular weight is 206 g/mol. The Morgan fingerprint density at radius 1 is 1.29 bits per heavy atom. The summed E-state index contributed by atoms with van der Waals surface area (Å²) in [6, 6.07) is 0. The molecule has 0 atom stereocenters. The monoisotopic (exact) mass is 206 g/mol. The van der Waals surface area contributed by atoms with Gasteiger partial charge in [-0.1, -0.05) is 13.8 Å². The molecule has 0 aromatic carbocycles. The number of hydrogen-bond donors (Lipinski definition) is 1. The van der Waals surface area contributed by atoms with E-state index in [-0.39, 0.29) is 6.54 Å². The van der Waals surface area contributed by atoms with Crippen LogP contribution in [-0.2, 0) is 0 Å². The first kappa shape index (κ1) is 11.9. The number of alkyl halides is 2. The van der Waals surface area contributed by atoms with Gasteiger partial charge in [-0.3, -0.25) is 4.90 Å². The molecular formula is C10H20F2N2. The lowest BCUT2D eigenvalue weighted by molar-refractivity contribution is -0.0353. The summed E-state index contributed by atoms with van der Waals surface area (Å²) in [7, 11) is 0. The van der Waals surface area contributed by atoms with Gasteiger partial charge in [0.25, 0.3) is 5.92 Å². The highest BCUT2D eigenvalue weighted by Crippen LogP contribution is 2.30. The van der Waals surface area contributed by atoms with Gasteiger partial charge >= 0.3 is 0 Å². The molecule has 0 unspecified atom stereocenters.